The summed E-state index contributed by atoms with van der Waals surface area (Å²) in [6.45, 7) is 24.5. The van der Waals surface area contributed by atoms with Gasteiger partial charge in [0, 0.05) is 27.9 Å². The number of carbonyl (C=O) groups is 2. The van der Waals surface area contributed by atoms with Gasteiger partial charge in [-0.1, -0.05) is 143 Å². The summed E-state index contributed by atoms with van der Waals surface area (Å²) in [5, 5.41) is 18.7. The van der Waals surface area contributed by atoms with Crippen molar-refractivity contribution in [3.63, 3.8) is 0 Å². The summed E-state index contributed by atoms with van der Waals surface area (Å²) in [6.07, 6.45) is 11.0. The third kappa shape index (κ3) is 9.77. The highest BCUT2D eigenvalue weighted by molar-refractivity contribution is 6.37. The third-order valence-electron chi connectivity index (χ3n) is 9.62. The molecule has 0 aromatic heterocycles. The van der Waals surface area contributed by atoms with Gasteiger partial charge >= 0.3 is 0 Å². The van der Waals surface area contributed by atoms with Crippen LogP contribution in [0, 0.1) is 21.7 Å². The molecule has 8 heteroatoms. The number of nitrogens with zero attached hydrogens (tertiary/aromatic N) is 4. The van der Waals surface area contributed by atoms with E-state index in [9.17, 15) is 9.59 Å². The number of allylic oxidation sites excluding steroid dienone is 10. The van der Waals surface area contributed by atoms with Crippen molar-refractivity contribution >= 4 is 46.1 Å². The van der Waals surface area contributed by atoms with Crippen LogP contribution in [0.15, 0.2) is 151 Å². The van der Waals surface area contributed by atoms with Crippen molar-refractivity contribution in [2.75, 3.05) is 0 Å². The Morgan fingerprint density at radius 1 is 0.482 bits per heavy atom. The molecule has 0 bridgehead atoms. The van der Waals surface area contributed by atoms with Gasteiger partial charge in [0.15, 0.2) is 11.6 Å². The van der Waals surface area contributed by atoms with Gasteiger partial charge in [0.1, 0.15) is 5.69 Å². The lowest BCUT2D eigenvalue weighted by atomic mass is 9.72. The lowest BCUT2D eigenvalue weighted by molar-refractivity contribution is -0.114. The Labute approximate surface area is 342 Å². The average Bonchev–Trinajstić information content (AvgIpc) is 3.09. The molecule has 290 valence electrons. The number of Topliss-reactive ketones (excluding diaryl/α,β-unsaturated/α-hetero) is 2. The number of hydrogen-bond acceptors (Lipinski definition) is 6. The fourth-order valence-electron chi connectivity index (χ4n) is 6.50. The van der Waals surface area contributed by atoms with E-state index < -0.39 is 0 Å². The van der Waals surface area contributed by atoms with Gasteiger partial charge < -0.3 is 0 Å². The Kier molecular flexibility index (Phi) is 12.1. The quantitative estimate of drug-likeness (QED) is 0.233. The first-order chi connectivity index (χ1) is 25.9. The Morgan fingerprint density at radius 3 is 1.38 bits per heavy atom. The van der Waals surface area contributed by atoms with E-state index in [2.05, 4.69) is 20.5 Å². The molecule has 0 fully saturated rings. The second kappa shape index (κ2) is 16.0. The Morgan fingerprint density at radius 2 is 0.929 bits per heavy atom. The maximum absolute atomic E-state index is 13.4. The Hall–Kier alpha value is -4.78. The van der Waals surface area contributed by atoms with Crippen molar-refractivity contribution in [1.82, 2.24) is 0 Å². The van der Waals surface area contributed by atoms with E-state index in [0.29, 0.717) is 21.4 Å². The smallest absolute Gasteiger partial charge is 0.186 e. The van der Waals surface area contributed by atoms with Crippen molar-refractivity contribution in [2.24, 2.45) is 42.1 Å². The third-order valence-corrected chi connectivity index (χ3v) is 10.2. The molecule has 0 unspecified atom stereocenters. The monoisotopic (exact) mass is 786 g/mol. The van der Waals surface area contributed by atoms with Crippen LogP contribution in [-0.2, 0) is 9.59 Å². The summed E-state index contributed by atoms with van der Waals surface area (Å²) < 4.78 is 0. The maximum atomic E-state index is 13.4. The fraction of sp³-hybridized carbons (Fsp3) is 0.333. The van der Waals surface area contributed by atoms with Gasteiger partial charge in [-0.15, -0.1) is 5.11 Å². The van der Waals surface area contributed by atoms with Gasteiger partial charge in [0.05, 0.1) is 28.1 Å². The van der Waals surface area contributed by atoms with Crippen LogP contribution in [0.1, 0.15) is 83.1 Å². The topological polar surface area (TPSA) is 83.6 Å². The molecule has 3 aromatic rings. The Balaban J connectivity index is 1.50. The molecular formula is C48H52Cl2N4O2. The molecular weight excluding hydrogens is 735 g/mol. The predicted molar refractivity (Wildman–Crippen MR) is 233 cm³/mol. The molecule has 6 nitrogen and oxygen atoms in total. The summed E-state index contributed by atoms with van der Waals surface area (Å²) in [5.74, 6) is 0.136. The Bertz CT molecular complexity index is 2250. The summed E-state index contributed by atoms with van der Waals surface area (Å²) >= 11 is 13.8. The van der Waals surface area contributed by atoms with Crippen LogP contribution in [0.4, 0.5) is 11.4 Å². The van der Waals surface area contributed by atoms with Gasteiger partial charge in [0.2, 0.25) is 0 Å². The number of carbonyl (C=O) groups excluding carboxylic acids is 2. The van der Waals surface area contributed by atoms with Crippen LogP contribution in [0.2, 0.25) is 10.0 Å². The summed E-state index contributed by atoms with van der Waals surface area (Å²) in [7, 11) is 0. The highest BCUT2D eigenvalue weighted by atomic mass is 35.5. The molecule has 0 radical (unpaired) electrons. The molecule has 3 aromatic carbocycles. The lowest BCUT2D eigenvalue weighted by Crippen LogP contribution is -2.27. The van der Waals surface area contributed by atoms with E-state index in [4.69, 9.17) is 23.2 Å². The molecule has 0 atom stereocenters. The molecule has 0 N–H and O–H groups in total. The van der Waals surface area contributed by atoms with E-state index in [-0.39, 0.29) is 33.2 Å². The first kappa shape index (κ1) is 42.4. The van der Waals surface area contributed by atoms with E-state index in [0.717, 1.165) is 55.7 Å². The minimum Gasteiger partial charge on any atom is -0.289 e. The van der Waals surface area contributed by atoms with Crippen LogP contribution >= 0.6 is 23.2 Å². The van der Waals surface area contributed by atoms with Crippen LogP contribution in [0.3, 0.4) is 0 Å². The number of ketones is 2. The maximum Gasteiger partial charge on any atom is 0.186 e. The normalized spacial score (nSPS) is 16.0. The van der Waals surface area contributed by atoms with Crippen LogP contribution < -0.4 is 0 Å². The molecule has 0 aliphatic heterocycles. The predicted octanol–water partition coefficient (Wildman–Crippen LogP) is 15.3. The molecule has 2 aliphatic carbocycles. The molecule has 56 heavy (non-hydrogen) atoms. The number of azo groups is 2. The highest BCUT2D eigenvalue weighted by Gasteiger charge is 2.35. The number of hydrogen-bond donors (Lipinski definition) is 0. The standard InChI is InChI=1S/C48H52Cl2N4O2/c1-45(2,3)36-20-29(21-37(43(36)55)46(4,5)6)27-51-53-32-18-19-33(34(24-32)31-16-14-13-15-17-31)35-25-41(50)42(26-40(35)49)54-52-28-30-22-38(47(7,8)9)44(56)39(23-30)48(10,11)12/h13-28H,1-12H3. The van der Waals surface area contributed by atoms with Crippen LogP contribution in [-0.4, -0.2) is 11.6 Å². The first-order valence-electron chi connectivity index (χ1n) is 18.8. The van der Waals surface area contributed by atoms with Crippen molar-refractivity contribution in [1.29, 1.82) is 0 Å². The number of halogens is 2. The van der Waals surface area contributed by atoms with Crippen molar-refractivity contribution < 1.29 is 9.59 Å². The largest absolute Gasteiger partial charge is 0.289 e. The molecule has 0 saturated heterocycles. The lowest BCUT2D eigenvalue weighted by Gasteiger charge is -2.31. The van der Waals surface area contributed by atoms with Gasteiger partial charge in [0.25, 0.3) is 0 Å². The molecule has 0 spiro atoms. The molecule has 2 aliphatic rings. The average molecular weight is 788 g/mol. The van der Waals surface area contributed by atoms with Crippen molar-refractivity contribution in [3.05, 3.63) is 141 Å². The van der Waals surface area contributed by atoms with Crippen molar-refractivity contribution in [2.45, 2.75) is 83.1 Å². The zero-order valence-corrected chi connectivity index (χ0v) is 36.1. The second-order valence-electron chi connectivity index (χ2n) is 18.5. The van der Waals surface area contributed by atoms with E-state index in [1.165, 1.54) is 0 Å². The number of rotatable bonds is 6. The molecule has 0 amide bonds. The zero-order chi connectivity index (χ0) is 41.4. The van der Waals surface area contributed by atoms with Crippen LogP contribution in [0.25, 0.3) is 22.3 Å². The zero-order valence-electron chi connectivity index (χ0n) is 34.6. The molecule has 0 heterocycles. The number of benzene rings is 3. The minimum absolute atomic E-state index is 0.0604. The minimum atomic E-state index is -0.332. The van der Waals surface area contributed by atoms with Crippen LogP contribution in [0.5, 0.6) is 0 Å². The summed E-state index contributed by atoms with van der Waals surface area (Å²) in [4.78, 5) is 26.7. The van der Waals surface area contributed by atoms with Crippen molar-refractivity contribution in [3.8, 4) is 22.3 Å². The highest BCUT2D eigenvalue weighted by Crippen LogP contribution is 2.44. The molecule has 5 rings (SSSR count). The van der Waals surface area contributed by atoms with Gasteiger partial charge in [-0.05, 0) is 98.1 Å². The van der Waals surface area contributed by atoms with E-state index in [1.54, 1.807) is 24.5 Å². The second-order valence-corrected chi connectivity index (χ2v) is 19.3. The van der Waals surface area contributed by atoms with Gasteiger partial charge in [-0.25, -0.2) is 0 Å². The van der Waals surface area contributed by atoms with Gasteiger partial charge in [-0.2, -0.15) is 15.3 Å². The summed E-state index contributed by atoms with van der Waals surface area (Å²) in [6, 6.07) is 19.3. The van der Waals surface area contributed by atoms with E-state index in [1.807, 2.05) is 156 Å². The van der Waals surface area contributed by atoms with E-state index >= 15 is 0 Å². The summed E-state index contributed by atoms with van der Waals surface area (Å²) in [5.41, 5.74) is 7.80. The first-order valence-corrected chi connectivity index (χ1v) is 19.6. The SMILES string of the molecule is CC(C)(C)C1=CC(=CN=Nc2ccc(-c3cc(Cl)c(N=NC=C4C=C(C(C)(C)C)C(=O)C(C(C)(C)C)=C4)cc3Cl)c(-c3ccccc3)c2)C=C(C(C)(C)C)C1=O. The molecule has 0 saturated carbocycles. The fourth-order valence-corrected chi connectivity index (χ4v) is 6.97. The van der Waals surface area contributed by atoms with Gasteiger partial charge in [-0.3, -0.25) is 9.59 Å².